The van der Waals surface area contributed by atoms with Crippen molar-refractivity contribution in [3.05, 3.63) is 42.7 Å². The Bertz CT molecular complexity index is 297. The predicted octanol–water partition coefficient (Wildman–Crippen LogP) is 1.07. The normalized spacial score (nSPS) is 9.14. The van der Waals surface area contributed by atoms with Crippen molar-refractivity contribution in [3.8, 4) is 0 Å². The first-order valence-corrected chi connectivity index (χ1v) is 4.34. The molecule has 0 spiro atoms. The van der Waals surface area contributed by atoms with Crippen LogP contribution < -0.4 is 10.6 Å². The molecule has 1 aromatic heterocycles. The number of pyridine rings is 1. The van der Waals surface area contributed by atoms with Crippen LogP contribution in [-0.2, 0) is 6.54 Å². The summed E-state index contributed by atoms with van der Waals surface area (Å²) in [5.41, 5.74) is 0.973. The van der Waals surface area contributed by atoms with E-state index in [9.17, 15) is 4.79 Å². The van der Waals surface area contributed by atoms with Crippen LogP contribution in [0.5, 0.6) is 0 Å². The standard InChI is InChI=1S/C10H13N3O/c1-2-5-12-10(14)13-8-9-4-3-6-11-7-9/h2-4,6-7H,1,5,8H2,(H2,12,13,14). The van der Waals surface area contributed by atoms with Crippen LogP contribution in [0.25, 0.3) is 0 Å². The van der Waals surface area contributed by atoms with Gasteiger partial charge in [-0.05, 0) is 11.6 Å². The Morgan fingerprint density at radius 2 is 2.43 bits per heavy atom. The maximum absolute atomic E-state index is 11.1. The third kappa shape index (κ3) is 3.71. The summed E-state index contributed by atoms with van der Waals surface area (Å²) in [6, 6.07) is 3.54. The smallest absolute Gasteiger partial charge is 0.315 e. The molecular weight excluding hydrogens is 178 g/mol. The van der Waals surface area contributed by atoms with Crippen molar-refractivity contribution in [2.45, 2.75) is 6.54 Å². The Kier molecular flexibility index (Phi) is 4.20. The Balaban J connectivity index is 2.27. The molecule has 14 heavy (non-hydrogen) atoms. The van der Waals surface area contributed by atoms with Gasteiger partial charge in [-0.25, -0.2) is 4.79 Å². The van der Waals surface area contributed by atoms with Crippen LogP contribution in [0.4, 0.5) is 4.79 Å². The van der Waals surface area contributed by atoms with Gasteiger partial charge in [0, 0.05) is 25.5 Å². The minimum absolute atomic E-state index is 0.200. The fraction of sp³-hybridized carbons (Fsp3) is 0.200. The van der Waals surface area contributed by atoms with Crippen molar-refractivity contribution >= 4 is 6.03 Å². The van der Waals surface area contributed by atoms with Crippen molar-refractivity contribution in [3.63, 3.8) is 0 Å². The van der Waals surface area contributed by atoms with Gasteiger partial charge in [-0.2, -0.15) is 0 Å². The van der Waals surface area contributed by atoms with Crippen molar-refractivity contribution in [2.24, 2.45) is 0 Å². The van der Waals surface area contributed by atoms with E-state index in [0.29, 0.717) is 13.1 Å². The molecule has 0 aliphatic carbocycles. The lowest BCUT2D eigenvalue weighted by atomic mass is 10.3. The molecule has 4 heteroatoms. The van der Waals surface area contributed by atoms with E-state index >= 15 is 0 Å². The maximum Gasteiger partial charge on any atom is 0.315 e. The quantitative estimate of drug-likeness (QED) is 0.699. The number of urea groups is 1. The lowest BCUT2D eigenvalue weighted by Gasteiger charge is -2.04. The predicted molar refractivity (Wildman–Crippen MR) is 54.7 cm³/mol. The van der Waals surface area contributed by atoms with Gasteiger partial charge in [0.2, 0.25) is 0 Å². The first kappa shape index (κ1) is 10.2. The van der Waals surface area contributed by atoms with Crippen LogP contribution in [0.15, 0.2) is 37.2 Å². The van der Waals surface area contributed by atoms with Gasteiger partial charge in [-0.15, -0.1) is 6.58 Å². The number of nitrogens with zero attached hydrogens (tertiary/aromatic N) is 1. The number of carbonyl (C=O) groups excluding carboxylic acids is 1. The van der Waals surface area contributed by atoms with E-state index in [-0.39, 0.29) is 6.03 Å². The molecule has 0 radical (unpaired) electrons. The van der Waals surface area contributed by atoms with Gasteiger partial charge in [0.15, 0.2) is 0 Å². The van der Waals surface area contributed by atoms with E-state index < -0.39 is 0 Å². The molecule has 2 amide bonds. The number of carbonyl (C=O) groups is 1. The summed E-state index contributed by atoms with van der Waals surface area (Å²) < 4.78 is 0. The zero-order valence-corrected chi connectivity index (χ0v) is 7.86. The minimum atomic E-state index is -0.200. The van der Waals surface area contributed by atoms with Crippen LogP contribution in [0.1, 0.15) is 5.56 Å². The minimum Gasteiger partial charge on any atom is -0.335 e. The Morgan fingerprint density at radius 3 is 3.07 bits per heavy atom. The van der Waals surface area contributed by atoms with E-state index in [1.54, 1.807) is 18.5 Å². The fourth-order valence-electron chi connectivity index (χ4n) is 0.912. The average Bonchev–Trinajstić information content (AvgIpc) is 2.25. The average molecular weight is 191 g/mol. The van der Waals surface area contributed by atoms with Gasteiger partial charge in [0.25, 0.3) is 0 Å². The highest BCUT2D eigenvalue weighted by atomic mass is 16.2. The first-order valence-electron chi connectivity index (χ1n) is 4.34. The monoisotopic (exact) mass is 191 g/mol. The molecule has 0 unspecified atom stereocenters. The van der Waals surface area contributed by atoms with Crippen LogP contribution in [-0.4, -0.2) is 17.6 Å². The molecule has 0 aliphatic rings. The lowest BCUT2D eigenvalue weighted by molar-refractivity contribution is 0.241. The van der Waals surface area contributed by atoms with Gasteiger partial charge >= 0.3 is 6.03 Å². The fourth-order valence-corrected chi connectivity index (χ4v) is 0.912. The molecule has 0 aromatic carbocycles. The molecular formula is C10H13N3O. The molecule has 1 rings (SSSR count). The Hall–Kier alpha value is -1.84. The number of aromatic nitrogens is 1. The second kappa shape index (κ2) is 5.75. The number of amides is 2. The molecule has 0 atom stereocenters. The van der Waals surface area contributed by atoms with E-state index in [4.69, 9.17) is 0 Å². The summed E-state index contributed by atoms with van der Waals surface area (Å²) in [7, 11) is 0. The molecule has 0 saturated heterocycles. The third-order valence-electron chi connectivity index (χ3n) is 1.58. The van der Waals surface area contributed by atoms with E-state index in [2.05, 4.69) is 22.2 Å². The molecule has 74 valence electrons. The number of rotatable bonds is 4. The SMILES string of the molecule is C=CCNC(=O)NCc1cccnc1. The highest BCUT2D eigenvalue weighted by molar-refractivity contribution is 5.73. The van der Waals surface area contributed by atoms with Crippen molar-refractivity contribution in [1.82, 2.24) is 15.6 Å². The summed E-state index contributed by atoms with van der Waals surface area (Å²) >= 11 is 0. The number of nitrogens with one attached hydrogen (secondary N) is 2. The van der Waals surface area contributed by atoms with Gasteiger partial charge in [0.05, 0.1) is 0 Å². The van der Waals surface area contributed by atoms with Gasteiger partial charge in [-0.1, -0.05) is 12.1 Å². The van der Waals surface area contributed by atoms with Crippen LogP contribution >= 0.6 is 0 Å². The van der Waals surface area contributed by atoms with E-state index in [1.807, 2.05) is 12.1 Å². The summed E-state index contributed by atoms with van der Waals surface area (Å²) in [6.07, 6.45) is 5.04. The number of hydrogen-bond donors (Lipinski definition) is 2. The Labute approximate surface area is 83.0 Å². The summed E-state index contributed by atoms with van der Waals surface area (Å²) in [4.78, 5) is 15.0. The first-order chi connectivity index (χ1) is 6.83. The van der Waals surface area contributed by atoms with E-state index in [1.165, 1.54) is 0 Å². The third-order valence-corrected chi connectivity index (χ3v) is 1.58. The Morgan fingerprint density at radius 1 is 1.57 bits per heavy atom. The van der Waals surface area contributed by atoms with Gasteiger partial charge in [0.1, 0.15) is 0 Å². The molecule has 0 fully saturated rings. The highest BCUT2D eigenvalue weighted by Crippen LogP contribution is 1.93. The number of hydrogen-bond acceptors (Lipinski definition) is 2. The molecule has 1 heterocycles. The molecule has 1 aromatic rings. The van der Waals surface area contributed by atoms with Crippen LogP contribution in [0.3, 0.4) is 0 Å². The summed E-state index contributed by atoms with van der Waals surface area (Å²) in [5, 5.41) is 5.31. The summed E-state index contributed by atoms with van der Waals surface area (Å²) in [6.45, 7) is 4.45. The van der Waals surface area contributed by atoms with Crippen molar-refractivity contribution in [1.29, 1.82) is 0 Å². The lowest BCUT2D eigenvalue weighted by Crippen LogP contribution is -2.34. The topological polar surface area (TPSA) is 54.0 Å². The maximum atomic E-state index is 11.1. The van der Waals surface area contributed by atoms with Crippen LogP contribution in [0.2, 0.25) is 0 Å². The molecule has 0 bridgehead atoms. The molecule has 4 nitrogen and oxygen atoms in total. The zero-order valence-electron chi connectivity index (χ0n) is 7.86. The largest absolute Gasteiger partial charge is 0.335 e. The highest BCUT2D eigenvalue weighted by Gasteiger charge is 1.97. The molecule has 0 saturated carbocycles. The second-order valence-electron chi connectivity index (χ2n) is 2.71. The summed E-state index contributed by atoms with van der Waals surface area (Å²) in [5.74, 6) is 0. The van der Waals surface area contributed by atoms with Crippen molar-refractivity contribution < 1.29 is 4.79 Å². The van der Waals surface area contributed by atoms with Gasteiger partial charge < -0.3 is 10.6 Å². The zero-order chi connectivity index (χ0) is 10.2. The second-order valence-corrected chi connectivity index (χ2v) is 2.71. The molecule has 0 aliphatic heterocycles. The van der Waals surface area contributed by atoms with Crippen molar-refractivity contribution in [2.75, 3.05) is 6.54 Å². The van der Waals surface area contributed by atoms with Crippen LogP contribution in [0, 0.1) is 0 Å². The molecule has 2 N–H and O–H groups in total. The van der Waals surface area contributed by atoms with Gasteiger partial charge in [-0.3, -0.25) is 4.98 Å². The van der Waals surface area contributed by atoms with E-state index in [0.717, 1.165) is 5.56 Å².